The van der Waals surface area contributed by atoms with E-state index in [1.165, 1.54) is 16.2 Å². The van der Waals surface area contributed by atoms with Crippen molar-refractivity contribution in [3.8, 4) is 5.75 Å². The number of anilines is 1. The predicted molar refractivity (Wildman–Crippen MR) is 145 cm³/mol. The van der Waals surface area contributed by atoms with Crippen LogP contribution in [-0.4, -0.2) is 27.9 Å². The average Bonchev–Trinajstić information content (AvgIpc) is 3.52. The Kier molecular flexibility index (Phi) is 5.42. The number of carbonyl (C=O) groups is 2. The van der Waals surface area contributed by atoms with Gasteiger partial charge in [0.05, 0.1) is 21.8 Å². The van der Waals surface area contributed by atoms with Crippen LogP contribution in [0.25, 0.3) is 16.0 Å². The highest BCUT2D eigenvalue weighted by molar-refractivity contribution is 7.22. The fourth-order valence-corrected chi connectivity index (χ4v) is 6.45. The van der Waals surface area contributed by atoms with Gasteiger partial charge in [0.2, 0.25) is 0 Å². The number of hydrogen-bond donors (Lipinski definition) is 1. The molecule has 2 aliphatic heterocycles. The van der Waals surface area contributed by atoms with Gasteiger partial charge in [-0.1, -0.05) is 47.2 Å². The number of carbonyl (C=O) groups excluding carboxylic acids is 2. The van der Waals surface area contributed by atoms with E-state index < -0.39 is 17.7 Å². The molecule has 1 saturated heterocycles. The molecule has 0 spiro atoms. The number of hydrogen-bond acceptors (Lipinski definition) is 6. The molecule has 2 aliphatic rings. The lowest BCUT2D eigenvalue weighted by Crippen LogP contribution is -2.29. The van der Waals surface area contributed by atoms with Crippen LogP contribution >= 0.6 is 11.3 Å². The van der Waals surface area contributed by atoms with Crippen LogP contribution in [-0.2, 0) is 16.0 Å². The Morgan fingerprint density at radius 2 is 1.78 bits per heavy atom. The summed E-state index contributed by atoms with van der Waals surface area (Å²) in [6.07, 6.45) is 0.771. The van der Waals surface area contributed by atoms with Crippen LogP contribution < -0.4 is 9.64 Å². The first-order valence-corrected chi connectivity index (χ1v) is 13.1. The summed E-state index contributed by atoms with van der Waals surface area (Å²) in [6, 6.07) is 16.3. The average molecular weight is 511 g/mol. The van der Waals surface area contributed by atoms with Crippen molar-refractivity contribution in [1.82, 2.24) is 4.98 Å². The highest BCUT2D eigenvalue weighted by atomic mass is 32.1. The molecule has 37 heavy (non-hydrogen) atoms. The molecule has 1 fully saturated rings. The third-order valence-corrected chi connectivity index (χ3v) is 8.03. The van der Waals surface area contributed by atoms with Crippen LogP contribution in [0.4, 0.5) is 5.13 Å². The molecule has 6 nitrogen and oxygen atoms in total. The number of ether oxygens (including phenoxy) is 1. The smallest absolute Gasteiger partial charge is 0.301 e. The van der Waals surface area contributed by atoms with Crippen molar-refractivity contribution in [3.63, 3.8) is 0 Å². The molecule has 7 heteroatoms. The summed E-state index contributed by atoms with van der Waals surface area (Å²) in [7, 11) is 0. The predicted octanol–water partition coefficient (Wildman–Crippen LogP) is 6.17. The summed E-state index contributed by atoms with van der Waals surface area (Å²) in [4.78, 5) is 33.3. The van der Waals surface area contributed by atoms with Gasteiger partial charge in [0, 0.05) is 12.0 Å². The SMILES string of the molecule is Cc1ccc([C@H]2/C(=C(\O)c3ccc4c(c3)C[C@H](C)O4)C(=O)C(=O)N2c2nc3c(C)cc(C)cc3s2)cc1. The molecule has 1 N–H and O–H groups in total. The van der Waals surface area contributed by atoms with Crippen molar-refractivity contribution in [2.75, 3.05) is 4.90 Å². The Hall–Kier alpha value is -3.97. The Labute approximate surface area is 218 Å². The minimum absolute atomic E-state index is 0.0525. The summed E-state index contributed by atoms with van der Waals surface area (Å²) < 4.78 is 6.74. The maximum absolute atomic E-state index is 13.5. The van der Waals surface area contributed by atoms with E-state index in [1.54, 1.807) is 6.07 Å². The molecule has 0 bridgehead atoms. The number of aryl methyl sites for hydroxylation is 3. The maximum atomic E-state index is 13.5. The topological polar surface area (TPSA) is 79.7 Å². The van der Waals surface area contributed by atoms with E-state index in [4.69, 9.17) is 9.72 Å². The molecule has 3 heterocycles. The van der Waals surface area contributed by atoms with Gasteiger partial charge in [0.15, 0.2) is 5.13 Å². The van der Waals surface area contributed by atoms with Gasteiger partial charge in [-0.25, -0.2) is 4.98 Å². The number of amides is 1. The number of ketones is 1. The van der Waals surface area contributed by atoms with Gasteiger partial charge < -0.3 is 9.84 Å². The molecule has 0 unspecified atom stereocenters. The van der Waals surface area contributed by atoms with Gasteiger partial charge in [0.25, 0.3) is 5.78 Å². The van der Waals surface area contributed by atoms with Crippen molar-refractivity contribution in [2.24, 2.45) is 0 Å². The van der Waals surface area contributed by atoms with Crippen LogP contribution in [0.2, 0.25) is 0 Å². The number of rotatable bonds is 3. The lowest BCUT2D eigenvalue weighted by Gasteiger charge is -2.23. The molecule has 1 amide bonds. The zero-order valence-electron chi connectivity index (χ0n) is 21.0. The van der Waals surface area contributed by atoms with Gasteiger partial charge in [-0.3, -0.25) is 14.5 Å². The minimum Gasteiger partial charge on any atom is -0.507 e. The van der Waals surface area contributed by atoms with Gasteiger partial charge in [-0.05, 0) is 74.2 Å². The van der Waals surface area contributed by atoms with Crippen LogP contribution in [0.5, 0.6) is 5.75 Å². The normalized spacial score (nSPS) is 20.5. The fourth-order valence-electron chi connectivity index (χ4n) is 5.28. The first-order valence-electron chi connectivity index (χ1n) is 12.3. The molecule has 3 aromatic carbocycles. The summed E-state index contributed by atoms with van der Waals surface area (Å²) in [6.45, 7) is 7.98. The Bertz CT molecular complexity index is 1630. The number of aliphatic hydroxyl groups is 1. The molecule has 2 atom stereocenters. The second kappa shape index (κ2) is 8.56. The van der Waals surface area contributed by atoms with E-state index in [0.717, 1.165) is 50.2 Å². The van der Waals surface area contributed by atoms with E-state index >= 15 is 0 Å². The molecular weight excluding hydrogens is 484 g/mol. The third kappa shape index (κ3) is 3.81. The lowest BCUT2D eigenvalue weighted by molar-refractivity contribution is -0.132. The minimum atomic E-state index is -0.800. The first kappa shape index (κ1) is 23.4. The molecule has 0 saturated carbocycles. The number of fused-ring (bicyclic) bond motifs is 2. The summed E-state index contributed by atoms with van der Waals surface area (Å²) in [5.74, 6) is -0.833. The highest BCUT2D eigenvalue weighted by Gasteiger charge is 2.48. The van der Waals surface area contributed by atoms with Crippen LogP contribution in [0.1, 0.15) is 46.3 Å². The highest BCUT2D eigenvalue weighted by Crippen LogP contribution is 2.45. The fraction of sp³-hybridized carbons (Fsp3) is 0.233. The zero-order valence-corrected chi connectivity index (χ0v) is 21.8. The summed E-state index contributed by atoms with van der Waals surface area (Å²) in [5, 5.41) is 11.9. The van der Waals surface area contributed by atoms with Crippen LogP contribution in [0.15, 0.2) is 60.2 Å². The van der Waals surface area contributed by atoms with Crippen LogP contribution in [0.3, 0.4) is 0 Å². The summed E-state index contributed by atoms with van der Waals surface area (Å²) in [5.41, 5.74) is 6.23. The standard InChI is InChI=1S/C30H26N2O4S/c1-15-5-7-19(8-6-15)26-24(27(33)20-9-10-22-21(14-20)13-18(4)36-22)28(34)29(35)32(26)30-31-25-17(3)11-16(2)12-23(25)37-30/h5-12,14,18,26,33H,13H2,1-4H3/b27-24+/t18-,26-/m0/s1. The number of aliphatic hydroxyl groups excluding tert-OH is 1. The summed E-state index contributed by atoms with van der Waals surface area (Å²) >= 11 is 1.38. The van der Waals surface area contributed by atoms with E-state index in [2.05, 4.69) is 6.07 Å². The monoisotopic (exact) mass is 510 g/mol. The van der Waals surface area contributed by atoms with Gasteiger partial charge in [0.1, 0.15) is 17.6 Å². The second-order valence-corrected chi connectivity index (χ2v) is 11.0. The van der Waals surface area contributed by atoms with Gasteiger partial charge >= 0.3 is 5.91 Å². The quantitative estimate of drug-likeness (QED) is 0.203. The molecular formula is C30H26N2O4S. The molecule has 0 radical (unpaired) electrons. The molecule has 6 rings (SSSR count). The molecule has 4 aromatic rings. The van der Waals surface area contributed by atoms with E-state index in [1.807, 2.05) is 70.2 Å². The maximum Gasteiger partial charge on any atom is 0.301 e. The number of thiazole rings is 1. The Morgan fingerprint density at radius 1 is 1.03 bits per heavy atom. The van der Waals surface area contributed by atoms with Crippen molar-refractivity contribution in [1.29, 1.82) is 0 Å². The van der Waals surface area contributed by atoms with Gasteiger partial charge in [-0.15, -0.1) is 0 Å². The third-order valence-electron chi connectivity index (χ3n) is 7.03. The van der Waals surface area contributed by atoms with Gasteiger partial charge in [-0.2, -0.15) is 0 Å². The Balaban J connectivity index is 1.54. The van der Waals surface area contributed by atoms with E-state index in [0.29, 0.717) is 10.7 Å². The van der Waals surface area contributed by atoms with Crippen molar-refractivity contribution < 1.29 is 19.4 Å². The number of Topliss-reactive ketones (excluding diaryl/α,β-unsaturated/α-hetero) is 1. The largest absolute Gasteiger partial charge is 0.507 e. The number of aromatic nitrogens is 1. The Morgan fingerprint density at radius 3 is 2.54 bits per heavy atom. The van der Waals surface area contributed by atoms with E-state index in [9.17, 15) is 14.7 Å². The second-order valence-electron chi connectivity index (χ2n) is 9.96. The first-order chi connectivity index (χ1) is 17.7. The zero-order chi connectivity index (χ0) is 26.0. The van der Waals surface area contributed by atoms with Crippen LogP contribution in [0, 0.1) is 20.8 Å². The number of nitrogens with zero attached hydrogens (tertiary/aromatic N) is 2. The lowest BCUT2D eigenvalue weighted by atomic mass is 9.94. The number of benzene rings is 3. The van der Waals surface area contributed by atoms with Crippen molar-refractivity contribution >= 4 is 44.1 Å². The van der Waals surface area contributed by atoms with Crippen molar-refractivity contribution in [3.05, 3.63) is 93.6 Å². The molecule has 0 aliphatic carbocycles. The van der Waals surface area contributed by atoms with Crippen molar-refractivity contribution in [2.45, 2.75) is 46.3 Å². The molecule has 186 valence electrons. The van der Waals surface area contributed by atoms with E-state index in [-0.39, 0.29) is 17.4 Å². The molecule has 1 aromatic heterocycles.